The van der Waals surface area contributed by atoms with Crippen LogP contribution in [0, 0.1) is 25.5 Å². The molecular formula is C23H20F2N4O2. The highest BCUT2D eigenvalue weighted by atomic mass is 19.1. The first-order valence-corrected chi connectivity index (χ1v) is 9.60. The van der Waals surface area contributed by atoms with Crippen LogP contribution in [0.4, 0.5) is 25.1 Å². The van der Waals surface area contributed by atoms with Gasteiger partial charge in [0, 0.05) is 17.1 Å². The molecule has 0 saturated heterocycles. The van der Waals surface area contributed by atoms with Gasteiger partial charge in [0.2, 0.25) is 0 Å². The van der Waals surface area contributed by atoms with Crippen LogP contribution in [0.3, 0.4) is 0 Å². The molecule has 3 aromatic carbocycles. The van der Waals surface area contributed by atoms with Crippen LogP contribution in [0.15, 0.2) is 54.6 Å². The summed E-state index contributed by atoms with van der Waals surface area (Å²) in [6, 6.07) is 14.0. The SMILES string of the molecule is Cc1ccc(NC(=O)Nc2n[nH]c3cc(OCc4c(F)cccc4F)ccc23)c(C)c1. The molecule has 1 aromatic heterocycles. The van der Waals surface area contributed by atoms with Gasteiger partial charge in [0.05, 0.1) is 11.1 Å². The van der Waals surface area contributed by atoms with Crippen LogP contribution in [0.5, 0.6) is 5.75 Å². The van der Waals surface area contributed by atoms with E-state index in [2.05, 4.69) is 20.8 Å². The van der Waals surface area contributed by atoms with Crippen LogP contribution < -0.4 is 15.4 Å². The van der Waals surface area contributed by atoms with Crippen LogP contribution in [0.1, 0.15) is 16.7 Å². The number of aromatic nitrogens is 2. The first-order valence-electron chi connectivity index (χ1n) is 9.60. The topological polar surface area (TPSA) is 79.0 Å². The Bertz CT molecular complexity index is 1250. The summed E-state index contributed by atoms with van der Waals surface area (Å²) in [7, 11) is 0. The molecule has 0 aliphatic heterocycles. The molecule has 3 N–H and O–H groups in total. The quantitative estimate of drug-likeness (QED) is 0.387. The largest absolute Gasteiger partial charge is 0.489 e. The number of hydrogen-bond acceptors (Lipinski definition) is 3. The summed E-state index contributed by atoms with van der Waals surface area (Å²) in [5.74, 6) is -0.568. The van der Waals surface area contributed by atoms with E-state index in [1.807, 2.05) is 32.0 Å². The molecule has 2 amide bonds. The zero-order valence-corrected chi connectivity index (χ0v) is 16.9. The predicted octanol–water partition coefficient (Wildman–Crippen LogP) is 5.68. The van der Waals surface area contributed by atoms with Gasteiger partial charge in [-0.3, -0.25) is 10.4 Å². The lowest BCUT2D eigenvalue weighted by Crippen LogP contribution is -2.20. The second kappa shape index (κ2) is 8.43. The van der Waals surface area contributed by atoms with E-state index in [0.29, 0.717) is 28.2 Å². The average molecular weight is 422 g/mol. The average Bonchev–Trinajstić information content (AvgIpc) is 3.11. The molecule has 0 spiro atoms. The summed E-state index contributed by atoms with van der Waals surface area (Å²) in [5.41, 5.74) is 3.23. The molecule has 0 aliphatic carbocycles. The van der Waals surface area contributed by atoms with Crippen molar-refractivity contribution in [3.05, 3.63) is 82.9 Å². The van der Waals surface area contributed by atoms with E-state index < -0.39 is 17.7 Å². The van der Waals surface area contributed by atoms with Crippen LogP contribution in [0.25, 0.3) is 10.9 Å². The van der Waals surface area contributed by atoms with Crippen LogP contribution in [0.2, 0.25) is 0 Å². The number of carbonyl (C=O) groups excluding carboxylic acids is 1. The van der Waals surface area contributed by atoms with Gasteiger partial charge >= 0.3 is 6.03 Å². The van der Waals surface area contributed by atoms with Gasteiger partial charge in [0.15, 0.2) is 5.82 Å². The Labute approximate surface area is 177 Å². The molecule has 31 heavy (non-hydrogen) atoms. The fourth-order valence-electron chi connectivity index (χ4n) is 3.22. The normalized spacial score (nSPS) is 10.8. The second-order valence-corrected chi connectivity index (χ2v) is 7.17. The van der Waals surface area contributed by atoms with Crippen LogP contribution in [-0.2, 0) is 6.61 Å². The van der Waals surface area contributed by atoms with Crippen molar-refractivity contribution in [2.75, 3.05) is 10.6 Å². The number of halogens is 2. The third-order valence-corrected chi connectivity index (χ3v) is 4.84. The molecule has 1 heterocycles. The Morgan fingerprint density at radius 3 is 2.55 bits per heavy atom. The Morgan fingerprint density at radius 1 is 1.03 bits per heavy atom. The van der Waals surface area contributed by atoms with Crippen molar-refractivity contribution in [1.82, 2.24) is 10.2 Å². The number of anilines is 2. The fraction of sp³-hybridized carbons (Fsp3) is 0.130. The van der Waals surface area contributed by atoms with E-state index >= 15 is 0 Å². The molecule has 0 unspecified atom stereocenters. The van der Waals surface area contributed by atoms with Crippen molar-refractivity contribution in [2.45, 2.75) is 20.5 Å². The zero-order valence-electron chi connectivity index (χ0n) is 16.9. The van der Waals surface area contributed by atoms with Crippen molar-refractivity contribution in [3.63, 3.8) is 0 Å². The summed E-state index contributed by atoms with van der Waals surface area (Å²) in [4.78, 5) is 12.4. The minimum absolute atomic E-state index is 0.141. The number of urea groups is 1. The summed E-state index contributed by atoms with van der Waals surface area (Å²) < 4.78 is 33.0. The first kappa shape index (κ1) is 20.3. The fourth-order valence-corrected chi connectivity index (χ4v) is 3.22. The lowest BCUT2D eigenvalue weighted by molar-refractivity contribution is 0.262. The molecule has 4 rings (SSSR count). The molecule has 0 fully saturated rings. The number of aryl methyl sites for hydroxylation is 2. The Morgan fingerprint density at radius 2 is 1.81 bits per heavy atom. The number of ether oxygens (including phenoxy) is 1. The second-order valence-electron chi connectivity index (χ2n) is 7.17. The molecule has 158 valence electrons. The molecular weight excluding hydrogens is 402 g/mol. The van der Waals surface area contributed by atoms with E-state index in [0.717, 1.165) is 11.1 Å². The molecule has 0 saturated carbocycles. The molecule has 0 bridgehead atoms. The molecule has 6 nitrogen and oxygen atoms in total. The molecule has 8 heteroatoms. The van der Waals surface area contributed by atoms with Crippen molar-refractivity contribution < 1.29 is 18.3 Å². The predicted molar refractivity (Wildman–Crippen MR) is 115 cm³/mol. The number of H-pyrrole nitrogens is 1. The van der Waals surface area contributed by atoms with Gasteiger partial charge in [0.25, 0.3) is 0 Å². The van der Waals surface area contributed by atoms with E-state index in [-0.39, 0.29) is 12.2 Å². The number of fused-ring (bicyclic) bond motifs is 1. The van der Waals surface area contributed by atoms with Gasteiger partial charge in [-0.05, 0) is 49.7 Å². The van der Waals surface area contributed by atoms with Gasteiger partial charge in [-0.15, -0.1) is 0 Å². The van der Waals surface area contributed by atoms with Crippen LogP contribution in [-0.4, -0.2) is 16.2 Å². The van der Waals surface area contributed by atoms with Crippen LogP contribution >= 0.6 is 0 Å². The lowest BCUT2D eigenvalue weighted by Gasteiger charge is -2.10. The third kappa shape index (κ3) is 4.48. The Kier molecular flexibility index (Phi) is 5.53. The minimum atomic E-state index is -0.663. The molecule has 0 radical (unpaired) electrons. The van der Waals surface area contributed by atoms with Crippen molar-refractivity contribution in [1.29, 1.82) is 0 Å². The van der Waals surface area contributed by atoms with Gasteiger partial charge in [-0.25, -0.2) is 13.6 Å². The van der Waals surface area contributed by atoms with E-state index in [4.69, 9.17) is 4.74 Å². The standard InChI is InChI=1S/C23H20F2N4O2/c1-13-6-9-20(14(2)10-13)26-23(30)27-22-16-8-7-15(11-21(16)28-29-22)31-12-17-18(24)4-3-5-19(17)25/h3-11H,12H2,1-2H3,(H3,26,27,28,29,30). The zero-order chi connectivity index (χ0) is 22.0. The van der Waals surface area contributed by atoms with E-state index in [9.17, 15) is 13.6 Å². The highest BCUT2D eigenvalue weighted by Gasteiger charge is 2.13. The highest BCUT2D eigenvalue weighted by molar-refractivity contribution is 6.04. The number of aromatic amines is 1. The maximum atomic E-state index is 13.7. The highest BCUT2D eigenvalue weighted by Crippen LogP contribution is 2.26. The maximum absolute atomic E-state index is 13.7. The maximum Gasteiger partial charge on any atom is 0.324 e. The smallest absolute Gasteiger partial charge is 0.324 e. The third-order valence-electron chi connectivity index (χ3n) is 4.84. The van der Waals surface area contributed by atoms with Gasteiger partial charge < -0.3 is 10.1 Å². The summed E-state index contributed by atoms with van der Waals surface area (Å²) in [6.07, 6.45) is 0. The van der Waals surface area contributed by atoms with Crippen molar-refractivity contribution >= 4 is 28.4 Å². The Balaban J connectivity index is 1.45. The van der Waals surface area contributed by atoms with E-state index in [1.165, 1.54) is 18.2 Å². The summed E-state index contributed by atoms with van der Waals surface area (Å²) in [5, 5.41) is 13.1. The Hall–Kier alpha value is -3.94. The van der Waals surface area contributed by atoms with Crippen molar-refractivity contribution in [3.8, 4) is 5.75 Å². The van der Waals surface area contributed by atoms with Crippen molar-refractivity contribution in [2.24, 2.45) is 0 Å². The number of nitrogens with zero attached hydrogens (tertiary/aromatic N) is 1. The molecule has 4 aromatic rings. The number of benzene rings is 3. The number of hydrogen-bond donors (Lipinski definition) is 3. The lowest BCUT2D eigenvalue weighted by atomic mass is 10.1. The summed E-state index contributed by atoms with van der Waals surface area (Å²) in [6.45, 7) is 3.65. The molecule has 0 atom stereocenters. The summed E-state index contributed by atoms with van der Waals surface area (Å²) >= 11 is 0. The minimum Gasteiger partial charge on any atom is -0.489 e. The number of carbonyl (C=O) groups is 1. The van der Waals surface area contributed by atoms with Gasteiger partial charge in [-0.2, -0.15) is 5.10 Å². The number of amides is 2. The van der Waals surface area contributed by atoms with E-state index in [1.54, 1.807) is 18.2 Å². The molecule has 0 aliphatic rings. The van der Waals surface area contributed by atoms with Gasteiger partial charge in [0.1, 0.15) is 24.0 Å². The monoisotopic (exact) mass is 422 g/mol. The van der Waals surface area contributed by atoms with Gasteiger partial charge in [-0.1, -0.05) is 23.8 Å². The number of nitrogens with one attached hydrogen (secondary N) is 3. The first-order chi connectivity index (χ1) is 14.9. The number of rotatable bonds is 5.